The summed E-state index contributed by atoms with van der Waals surface area (Å²) < 4.78 is 27.0. The number of carbonyl (C=O) groups is 2. The van der Waals surface area contributed by atoms with E-state index in [9.17, 15) is 18.0 Å². The minimum absolute atomic E-state index is 0.0930. The Bertz CT molecular complexity index is 645. The number of carboxylic acid groups (broad SMARTS) is 1. The van der Waals surface area contributed by atoms with Gasteiger partial charge in [-0.25, -0.2) is 17.9 Å². The zero-order chi connectivity index (χ0) is 16.9. The van der Waals surface area contributed by atoms with E-state index in [2.05, 4.69) is 20.7 Å². The molecule has 0 fully saturated rings. The third-order valence-corrected chi connectivity index (χ3v) is 5.09. The van der Waals surface area contributed by atoms with Crippen LogP contribution in [0.5, 0.6) is 0 Å². The molecule has 1 aromatic carbocycles. The lowest BCUT2D eigenvalue weighted by Crippen LogP contribution is -2.41. The number of halogens is 1. The van der Waals surface area contributed by atoms with Crippen LogP contribution in [-0.4, -0.2) is 49.9 Å². The van der Waals surface area contributed by atoms with E-state index >= 15 is 0 Å². The monoisotopic (exact) mass is 392 g/mol. The number of nitrogens with zero attached hydrogens (tertiary/aromatic N) is 1. The summed E-state index contributed by atoms with van der Waals surface area (Å²) >= 11 is 3.21. The van der Waals surface area contributed by atoms with Gasteiger partial charge in [0.25, 0.3) is 0 Å². The summed E-state index contributed by atoms with van der Waals surface area (Å²) in [4.78, 5) is 23.7. The predicted molar refractivity (Wildman–Crippen MR) is 83.8 cm³/mol. The molecule has 1 unspecified atom stereocenters. The van der Waals surface area contributed by atoms with E-state index in [1.54, 1.807) is 12.1 Å². The lowest BCUT2D eigenvalue weighted by atomic mass is 10.2. The van der Waals surface area contributed by atoms with Crippen molar-refractivity contribution < 1.29 is 23.1 Å². The normalized spacial score (nSPS) is 12.7. The maximum atomic E-state index is 12.0. The van der Waals surface area contributed by atoms with Gasteiger partial charge in [0.1, 0.15) is 6.04 Å². The first-order chi connectivity index (χ1) is 10.1. The van der Waals surface area contributed by atoms with Gasteiger partial charge < -0.3 is 10.0 Å². The molecule has 0 aliphatic rings. The van der Waals surface area contributed by atoms with Crippen molar-refractivity contribution in [1.82, 2.24) is 9.62 Å². The van der Waals surface area contributed by atoms with Gasteiger partial charge in [0.15, 0.2) is 0 Å². The molecule has 0 radical (unpaired) electrons. The second-order valence-electron chi connectivity index (χ2n) is 4.62. The van der Waals surface area contributed by atoms with Gasteiger partial charge in [-0.3, -0.25) is 4.79 Å². The highest BCUT2D eigenvalue weighted by Crippen LogP contribution is 2.14. The Hall–Kier alpha value is -1.45. The molecule has 0 saturated carbocycles. The number of carboxylic acids is 1. The number of benzene rings is 1. The number of rotatable bonds is 7. The van der Waals surface area contributed by atoms with Crippen molar-refractivity contribution in [3.8, 4) is 0 Å². The fourth-order valence-corrected chi connectivity index (χ4v) is 2.84. The summed E-state index contributed by atoms with van der Waals surface area (Å²) in [7, 11) is -2.33. The lowest BCUT2D eigenvalue weighted by Gasteiger charge is -2.21. The molecule has 122 valence electrons. The first-order valence-corrected chi connectivity index (χ1v) is 8.66. The van der Waals surface area contributed by atoms with Crippen molar-refractivity contribution in [2.45, 2.75) is 24.3 Å². The SMILES string of the molecule is CC(C(=O)O)N(C)C(=O)CCNS(=O)(=O)c1ccc(Br)cc1. The zero-order valence-electron chi connectivity index (χ0n) is 12.1. The fraction of sp³-hybridized carbons (Fsp3) is 0.385. The topological polar surface area (TPSA) is 104 Å². The smallest absolute Gasteiger partial charge is 0.326 e. The van der Waals surface area contributed by atoms with Gasteiger partial charge in [-0.2, -0.15) is 0 Å². The standard InChI is InChI=1S/C13H17BrN2O5S/c1-9(13(18)19)16(2)12(17)7-8-15-22(20,21)11-5-3-10(14)4-6-11/h3-6,9,15H,7-8H2,1-2H3,(H,18,19). The van der Waals surface area contributed by atoms with E-state index in [4.69, 9.17) is 5.11 Å². The second kappa shape index (κ2) is 7.70. The first-order valence-electron chi connectivity index (χ1n) is 6.39. The number of likely N-dealkylation sites (N-methyl/N-ethyl adjacent to an activating group) is 1. The average Bonchev–Trinajstić information content (AvgIpc) is 2.45. The average molecular weight is 393 g/mol. The molecule has 22 heavy (non-hydrogen) atoms. The van der Waals surface area contributed by atoms with Gasteiger partial charge in [-0.15, -0.1) is 0 Å². The van der Waals surface area contributed by atoms with Crippen molar-refractivity contribution in [3.63, 3.8) is 0 Å². The molecule has 0 bridgehead atoms. The van der Waals surface area contributed by atoms with Gasteiger partial charge in [-0.05, 0) is 31.2 Å². The predicted octanol–water partition coefficient (Wildman–Crippen LogP) is 1.05. The van der Waals surface area contributed by atoms with Crippen LogP contribution in [0.3, 0.4) is 0 Å². The van der Waals surface area contributed by atoms with Gasteiger partial charge >= 0.3 is 5.97 Å². The van der Waals surface area contributed by atoms with Crippen LogP contribution in [0.25, 0.3) is 0 Å². The Morgan fingerprint density at radius 1 is 1.32 bits per heavy atom. The van der Waals surface area contributed by atoms with Crippen LogP contribution >= 0.6 is 15.9 Å². The molecule has 2 N–H and O–H groups in total. The number of aliphatic carboxylic acids is 1. The summed E-state index contributed by atoms with van der Waals surface area (Å²) in [5.74, 6) is -1.57. The molecule has 1 aromatic rings. The maximum absolute atomic E-state index is 12.0. The summed E-state index contributed by atoms with van der Waals surface area (Å²) in [5, 5.41) is 8.82. The molecular weight excluding hydrogens is 376 g/mol. The quantitative estimate of drug-likeness (QED) is 0.721. The molecule has 0 heterocycles. The number of carbonyl (C=O) groups excluding carboxylic acids is 1. The van der Waals surface area contributed by atoms with Crippen LogP contribution in [0.1, 0.15) is 13.3 Å². The maximum Gasteiger partial charge on any atom is 0.326 e. The van der Waals surface area contributed by atoms with E-state index in [1.807, 2.05) is 0 Å². The highest BCUT2D eigenvalue weighted by Gasteiger charge is 2.22. The molecule has 7 nitrogen and oxygen atoms in total. The van der Waals surface area contributed by atoms with Crippen LogP contribution in [0.4, 0.5) is 0 Å². The molecule has 0 spiro atoms. The molecule has 9 heteroatoms. The summed E-state index contributed by atoms with van der Waals surface area (Å²) in [5.41, 5.74) is 0. The van der Waals surface area contributed by atoms with E-state index in [1.165, 1.54) is 26.1 Å². The number of hydrogen-bond donors (Lipinski definition) is 2. The minimum Gasteiger partial charge on any atom is -0.480 e. The van der Waals surface area contributed by atoms with E-state index in [-0.39, 0.29) is 17.9 Å². The van der Waals surface area contributed by atoms with Crippen molar-refractivity contribution >= 4 is 37.8 Å². The lowest BCUT2D eigenvalue weighted by molar-refractivity contribution is -0.148. The Morgan fingerprint density at radius 3 is 2.36 bits per heavy atom. The third kappa shape index (κ3) is 5.08. The Balaban J connectivity index is 2.58. The van der Waals surface area contributed by atoms with Crippen molar-refractivity contribution in [1.29, 1.82) is 0 Å². The summed E-state index contributed by atoms with van der Waals surface area (Å²) in [6.45, 7) is 1.28. The van der Waals surface area contributed by atoms with Crippen LogP contribution in [0, 0.1) is 0 Å². The number of sulfonamides is 1. The van der Waals surface area contributed by atoms with E-state index < -0.39 is 27.9 Å². The molecular formula is C13H17BrN2O5S. The second-order valence-corrected chi connectivity index (χ2v) is 7.30. The van der Waals surface area contributed by atoms with E-state index in [0.29, 0.717) is 0 Å². The fourth-order valence-electron chi connectivity index (χ4n) is 1.55. The molecule has 1 amide bonds. The molecule has 0 aliphatic carbocycles. The van der Waals surface area contributed by atoms with Crippen LogP contribution in [0.2, 0.25) is 0 Å². The van der Waals surface area contributed by atoms with Gasteiger partial charge in [0, 0.05) is 24.5 Å². The Kier molecular flexibility index (Phi) is 6.51. The van der Waals surface area contributed by atoms with Gasteiger partial charge in [0.05, 0.1) is 4.90 Å². The van der Waals surface area contributed by atoms with Crippen molar-refractivity contribution in [2.24, 2.45) is 0 Å². The highest BCUT2D eigenvalue weighted by atomic mass is 79.9. The van der Waals surface area contributed by atoms with Gasteiger partial charge in [0.2, 0.25) is 15.9 Å². The van der Waals surface area contributed by atoms with Crippen molar-refractivity contribution in [2.75, 3.05) is 13.6 Å². The van der Waals surface area contributed by atoms with Crippen LogP contribution in [0.15, 0.2) is 33.6 Å². The molecule has 0 saturated heterocycles. The molecule has 0 aromatic heterocycles. The van der Waals surface area contributed by atoms with Gasteiger partial charge in [-0.1, -0.05) is 15.9 Å². The number of nitrogens with one attached hydrogen (secondary N) is 1. The first kappa shape index (κ1) is 18.6. The number of hydrogen-bond acceptors (Lipinski definition) is 4. The number of amides is 1. The highest BCUT2D eigenvalue weighted by molar-refractivity contribution is 9.10. The van der Waals surface area contributed by atoms with Crippen LogP contribution in [-0.2, 0) is 19.6 Å². The summed E-state index contributed by atoms with van der Waals surface area (Å²) in [6.07, 6.45) is -0.121. The largest absolute Gasteiger partial charge is 0.480 e. The molecule has 0 aliphatic heterocycles. The summed E-state index contributed by atoms with van der Waals surface area (Å²) in [6, 6.07) is 5.11. The van der Waals surface area contributed by atoms with E-state index in [0.717, 1.165) is 9.37 Å². The minimum atomic E-state index is -3.69. The Morgan fingerprint density at radius 2 is 1.86 bits per heavy atom. The Labute approximate surface area is 137 Å². The molecule has 1 atom stereocenters. The van der Waals surface area contributed by atoms with Crippen LogP contribution < -0.4 is 4.72 Å². The third-order valence-electron chi connectivity index (χ3n) is 3.09. The zero-order valence-corrected chi connectivity index (χ0v) is 14.5. The van der Waals surface area contributed by atoms with Crippen molar-refractivity contribution in [3.05, 3.63) is 28.7 Å². The molecule has 1 rings (SSSR count).